The summed E-state index contributed by atoms with van der Waals surface area (Å²) < 4.78 is 38.0. The number of hydrogen-bond acceptors (Lipinski definition) is 7. The zero-order chi connectivity index (χ0) is 37.8. The summed E-state index contributed by atoms with van der Waals surface area (Å²) in [6, 6.07) is 29.5. The Bertz CT molecular complexity index is 1480. The van der Waals surface area contributed by atoms with E-state index in [9.17, 15) is 4.79 Å². The second-order valence-electron chi connectivity index (χ2n) is 16.0. The van der Waals surface area contributed by atoms with Gasteiger partial charge in [-0.15, -0.1) is 0 Å². The van der Waals surface area contributed by atoms with Gasteiger partial charge in [0.15, 0.2) is 8.32 Å². The molecule has 0 aliphatic carbocycles. The van der Waals surface area contributed by atoms with Gasteiger partial charge >= 0.3 is 5.97 Å². The highest BCUT2D eigenvalue weighted by Gasteiger charge is 2.50. The van der Waals surface area contributed by atoms with Crippen LogP contribution in [-0.4, -0.2) is 67.3 Å². The van der Waals surface area contributed by atoms with Gasteiger partial charge in [-0.05, 0) is 85.4 Å². The fourth-order valence-corrected chi connectivity index (χ4v) is 13.1. The van der Waals surface area contributed by atoms with E-state index < -0.39 is 16.6 Å². The molecule has 0 spiro atoms. The fraction of sp³-hybridized carbons (Fsp3) is 0.512. The van der Waals surface area contributed by atoms with E-state index in [0.29, 0.717) is 39.1 Å². The van der Waals surface area contributed by atoms with Crippen molar-refractivity contribution >= 4 is 33.0 Å². The molecule has 1 aliphatic rings. The summed E-state index contributed by atoms with van der Waals surface area (Å²) in [5.74, 6) is 0.586. The lowest BCUT2D eigenvalue weighted by molar-refractivity contribution is -0.145. The van der Waals surface area contributed by atoms with Crippen LogP contribution < -0.4 is 15.1 Å². The Morgan fingerprint density at radius 1 is 0.865 bits per heavy atom. The van der Waals surface area contributed by atoms with Crippen molar-refractivity contribution in [3.8, 4) is 5.75 Å². The first-order chi connectivity index (χ1) is 24.7. The van der Waals surface area contributed by atoms with Gasteiger partial charge in [-0.1, -0.05) is 106 Å². The topological polar surface area (TPSA) is 72.5 Å². The maximum Gasteiger partial charge on any atom is 0.308 e. The van der Waals surface area contributed by atoms with Gasteiger partial charge in [0.2, 0.25) is 0 Å². The summed E-state index contributed by atoms with van der Waals surface area (Å²) in [7, 11) is -2.95. The molecule has 4 atom stereocenters. The normalized spacial score (nSPS) is 18.1. The third-order valence-electron chi connectivity index (χ3n) is 9.51. The number of hydrogen-bond donors (Lipinski definition) is 0. The molecule has 3 aromatic carbocycles. The lowest BCUT2D eigenvalue weighted by Crippen LogP contribution is -2.66. The molecule has 1 heterocycles. The van der Waals surface area contributed by atoms with Crippen molar-refractivity contribution < 1.29 is 32.6 Å². The quantitative estimate of drug-likeness (QED) is 0.0692. The van der Waals surface area contributed by atoms with Crippen LogP contribution in [0.1, 0.15) is 71.8 Å². The third-order valence-corrected chi connectivity index (χ3v) is 15.6. The first-order valence-electron chi connectivity index (χ1n) is 18.9. The molecule has 7 nitrogen and oxygen atoms in total. The van der Waals surface area contributed by atoms with Crippen LogP contribution in [0.3, 0.4) is 0 Å². The number of carbonyl (C=O) groups excluding carboxylic acids is 1. The minimum atomic E-state index is -2.71. The van der Waals surface area contributed by atoms with Crippen LogP contribution in [0.2, 0.25) is 24.7 Å². The first-order valence-corrected chi connectivity index (χ1v) is 24.2. The van der Waals surface area contributed by atoms with E-state index in [-0.39, 0.29) is 41.8 Å². The van der Waals surface area contributed by atoms with Crippen LogP contribution in [-0.2, 0) is 34.5 Å². The van der Waals surface area contributed by atoms with Crippen LogP contribution in [0.4, 0.5) is 0 Å². The molecule has 3 aromatic rings. The number of carbonyl (C=O) groups is 1. The van der Waals surface area contributed by atoms with Crippen LogP contribution in [0, 0.1) is 0 Å². The van der Waals surface area contributed by atoms with Gasteiger partial charge in [0.25, 0.3) is 8.32 Å². The van der Waals surface area contributed by atoms with Crippen molar-refractivity contribution in [2.75, 3.05) is 20.3 Å². The number of methoxy groups -OCH3 is 1. The predicted octanol–water partition coefficient (Wildman–Crippen LogP) is 8.60. The lowest BCUT2D eigenvalue weighted by atomic mass is 9.92. The molecule has 284 valence electrons. The van der Waals surface area contributed by atoms with Crippen molar-refractivity contribution in [1.29, 1.82) is 0 Å². The summed E-state index contributed by atoms with van der Waals surface area (Å²) in [6.45, 7) is 21.0. The Hall–Kier alpha value is -3.06. The van der Waals surface area contributed by atoms with Crippen LogP contribution >= 0.6 is 0 Å². The molecule has 0 aromatic heterocycles. The second-order valence-corrected chi connectivity index (χ2v) is 24.7. The van der Waals surface area contributed by atoms with Crippen LogP contribution in [0.15, 0.2) is 97.1 Å². The van der Waals surface area contributed by atoms with Crippen molar-refractivity contribution in [3.05, 3.63) is 103 Å². The van der Waals surface area contributed by atoms with E-state index >= 15 is 0 Å². The Kier molecular flexibility index (Phi) is 15.5. The van der Waals surface area contributed by atoms with Gasteiger partial charge in [-0.2, -0.15) is 0 Å². The molecule has 0 saturated carbocycles. The van der Waals surface area contributed by atoms with Gasteiger partial charge in [-0.3, -0.25) is 4.79 Å². The molecule has 0 bridgehead atoms. The number of ether oxygens (including phenoxy) is 4. The van der Waals surface area contributed by atoms with Crippen molar-refractivity contribution in [3.63, 3.8) is 0 Å². The lowest BCUT2D eigenvalue weighted by Gasteiger charge is -2.43. The van der Waals surface area contributed by atoms with Crippen molar-refractivity contribution in [2.24, 2.45) is 0 Å². The van der Waals surface area contributed by atoms with Gasteiger partial charge in [0.05, 0.1) is 51.2 Å². The Labute approximate surface area is 315 Å². The molecule has 9 heteroatoms. The number of benzene rings is 3. The average molecular weight is 747 g/mol. The molecular formula is C43H62O7Si2. The first kappa shape index (κ1) is 41.7. The maximum absolute atomic E-state index is 12.5. The van der Waals surface area contributed by atoms with E-state index in [4.69, 9.17) is 27.8 Å². The maximum atomic E-state index is 12.5. The summed E-state index contributed by atoms with van der Waals surface area (Å²) in [6.07, 6.45) is 3.22. The summed E-state index contributed by atoms with van der Waals surface area (Å²) in [4.78, 5) is 12.5. The minimum Gasteiger partial charge on any atom is -0.497 e. The molecule has 1 fully saturated rings. The second kappa shape index (κ2) is 19.3. The molecule has 1 saturated heterocycles. The van der Waals surface area contributed by atoms with Crippen molar-refractivity contribution in [1.82, 2.24) is 0 Å². The molecule has 1 aliphatic heterocycles. The highest BCUT2D eigenvalue weighted by Crippen LogP contribution is 2.37. The van der Waals surface area contributed by atoms with Crippen molar-refractivity contribution in [2.45, 2.75) is 122 Å². The highest BCUT2D eigenvalue weighted by atomic mass is 28.4. The van der Waals surface area contributed by atoms with Crippen LogP contribution in [0.5, 0.6) is 5.75 Å². The fourth-order valence-electron chi connectivity index (χ4n) is 7.35. The van der Waals surface area contributed by atoms with Crippen LogP contribution in [0.25, 0.3) is 0 Å². The van der Waals surface area contributed by atoms with Gasteiger partial charge in [0, 0.05) is 13.0 Å². The molecule has 0 N–H and O–H groups in total. The minimum absolute atomic E-state index is 0.0740. The Morgan fingerprint density at radius 2 is 1.42 bits per heavy atom. The molecule has 0 amide bonds. The SMILES string of the molecule is C=C1C[C@H](C[C@H](CC(=O)OCC)O[Si](C)(C)C)O[C@H](C[C@H](CCO[Si](c2ccccc2)(c2ccccc2)C(C)(C)C)OCc2ccc(OC)cc2)C1. The zero-order valence-corrected chi connectivity index (χ0v) is 34.8. The Balaban J connectivity index is 1.54. The monoisotopic (exact) mass is 746 g/mol. The third kappa shape index (κ3) is 12.2. The molecule has 4 rings (SSSR count). The van der Waals surface area contributed by atoms with E-state index in [2.05, 4.69) is 108 Å². The van der Waals surface area contributed by atoms with Gasteiger partial charge < -0.3 is 27.8 Å². The molecule has 0 radical (unpaired) electrons. The van der Waals surface area contributed by atoms with Gasteiger partial charge in [-0.25, -0.2) is 0 Å². The van der Waals surface area contributed by atoms with E-state index in [0.717, 1.165) is 29.7 Å². The summed E-state index contributed by atoms with van der Waals surface area (Å²) in [5, 5.41) is 2.40. The smallest absolute Gasteiger partial charge is 0.308 e. The largest absolute Gasteiger partial charge is 0.497 e. The molecular weight excluding hydrogens is 685 g/mol. The molecule has 52 heavy (non-hydrogen) atoms. The van der Waals surface area contributed by atoms with E-state index in [1.54, 1.807) is 7.11 Å². The average Bonchev–Trinajstić information content (AvgIpc) is 3.08. The summed E-state index contributed by atoms with van der Waals surface area (Å²) in [5.41, 5.74) is 2.23. The van der Waals surface area contributed by atoms with E-state index in [1.807, 2.05) is 31.2 Å². The number of esters is 1. The molecule has 0 unspecified atom stereocenters. The standard InChI is InChI=1S/C43H62O7Si2/c1-10-46-42(44)31-39(50-51(7,8)9)30-38-28-33(2)27-37(49-38)29-36(47-32-34-21-23-35(45-6)24-22-34)25-26-48-52(43(3,4)5,40-17-13-11-14-18-40)41-19-15-12-16-20-41/h11-24,36-39H,2,10,25-32H2,1,3-9H3/t36-,37-,38+,39+/m0/s1. The van der Waals surface area contributed by atoms with E-state index in [1.165, 1.54) is 10.4 Å². The van der Waals surface area contributed by atoms with Gasteiger partial charge in [0.1, 0.15) is 5.75 Å². The Morgan fingerprint density at radius 3 is 1.92 bits per heavy atom. The predicted molar refractivity (Wildman–Crippen MR) is 215 cm³/mol. The summed E-state index contributed by atoms with van der Waals surface area (Å²) >= 11 is 0. The number of rotatable bonds is 19. The highest BCUT2D eigenvalue weighted by molar-refractivity contribution is 6.99. The zero-order valence-electron chi connectivity index (χ0n) is 32.8.